The number of hydrogen-bond donors (Lipinski definition) is 1. The van der Waals surface area contributed by atoms with Crippen LogP contribution in [0.25, 0.3) is 0 Å². The molecule has 0 radical (unpaired) electrons. The lowest BCUT2D eigenvalue weighted by Crippen LogP contribution is -2.44. The average molecular weight is 398 g/mol. The van der Waals surface area contributed by atoms with Crippen LogP contribution in [0, 0.1) is 5.82 Å². The van der Waals surface area contributed by atoms with Gasteiger partial charge < -0.3 is 20.0 Å². The minimum absolute atomic E-state index is 0.0895. The van der Waals surface area contributed by atoms with Gasteiger partial charge in [0.15, 0.2) is 0 Å². The van der Waals surface area contributed by atoms with Crippen molar-refractivity contribution >= 4 is 23.2 Å². The largest absolute Gasteiger partial charge is 0.369 e. The molecular formula is C22H27FN4O2. The first-order chi connectivity index (χ1) is 13.9. The van der Waals surface area contributed by atoms with Gasteiger partial charge >= 0.3 is 0 Å². The molecular weight excluding hydrogens is 371 g/mol. The topological polar surface area (TPSA) is 55.9 Å². The van der Waals surface area contributed by atoms with Gasteiger partial charge in [0.2, 0.25) is 5.91 Å². The fraction of sp³-hybridized carbons (Fsp3) is 0.364. The average Bonchev–Trinajstić information content (AvgIpc) is 2.72. The number of benzene rings is 2. The number of hydrogen-bond acceptors (Lipinski definition) is 4. The van der Waals surface area contributed by atoms with Crippen LogP contribution < -0.4 is 15.1 Å². The number of amides is 2. The molecule has 3 rings (SSSR count). The summed E-state index contributed by atoms with van der Waals surface area (Å²) in [5, 5.41) is 2.77. The molecule has 2 aromatic carbocycles. The zero-order valence-corrected chi connectivity index (χ0v) is 16.9. The summed E-state index contributed by atoms with van der Waals surface area (Å²) in [5.41, 5.74) is 2.33. The highest BCUT2D eigenvalue weighted by molar-refractivity contribution is 5.94. The summed E-state index contributed by atoms with van der Waals surface area (Å²) < 4.78 is 13.0. The van der Waals surface area contributed by atoms with Crippen LogP contribution in [0.4, 0.5) is 15.8 Å². The Morgan fingerprint density at radius 3 is 2.21 bits per heavy atom. The Morgan fingerprint density at radius 2 is 1.62 bits per heavy atom. The molecule has 2 aromatic rings. The van der Waals surface area contributed by atoms with Crippen LogP contribution in [0.1, 0.15) is 17.3 Å². The van der Waals surface area contributed by atoms with E-state index >= 15 is 0 Å². The summed E-state index contributed by atoms with van der Waals surface area (Å²) in [6.07, 6.45) is 0. The maximum atomic E-state index is 13.0. The molecule has 0 saturated carbocycles. The molecule has 0 atom stereocenters. The Kier molecular flexibility index (Phi) is 6.82. The van der Waals surface area contributed by atoms with Gasteiger partial charge in [-0.25, -0.2) is 4.39 Å². The van der Waals surface area contributed by atoms with E-state index in [-0.39, 0.29) is 17.6 Å². The first-order valence-electron chi connectivity index (χ1n) is 9.79. The standard InChI is InChI=1S/C22H27FN4O2/c1-17(28)27(12-11-24-22(29)18-3-5-19(23)6-4-18)21-9-7-20(8-10-21)26-15-13-25(2)14-16-26/h3-10H,11-16H2,1-2H3,(H,24,29). The molecule has 2 amide bonds. The monoisotopic (exact) mass is 398 g/mol. The minimum Gasteiger partial charge on any atom is -0.369 e. The third-order valence-electron chi connectivity index (χ3n) is 5.14. The normalized spacial score (nSPS) is 14.5. The summed E-state index contributed by atoms with van der Waals surface area (Å²) in [6, 6.07) is 13.3. The highest BCUT2D eigenvalue weighted by atomic mass is 19.1. The van der Waals surface area contributed by atoms with Gasteiger partial charge in [-0.05, 0) is 55.6 Å². The van der Waals surface area contributed by atoms with Crippen LogP contribution in [0.15, 0.2) is 48.5 Å². The van der Waals surface area contributed by atoms with Crippen molar-refractivity contribution in [1.82, 2.24) is 10.2 Å². The zero-order valence-electron chi connectivity index (χ0n) is 16.9. The fourth-order valence-corrected chi connectivity index (χ4v) is 3.36. The van der Waals surface area contributed by atoms with Crippen LogP contribution in [-0.2, 0) is 4.79 Å². The smallest absolute Gasteiger partial charge is 0.251 e. The van der Waals surface area contributed by atoms with Crippen molar-refractivity contribution < 1.29 is 14.0 Å². The Hall–Kier alpha value is -2.93. The minimum atomic E-state index is -0.385. The van der Waals surface area contributed by atoms with Gasteiger partial charge in [0, 0.05) is 63.1 Å². The molecule has 0 aromatic heterocycles. The van der Waals surface area contributed by atoms with Crippen LogP contribution in [0.3, 0.4) is 0 Å². The van der Waals surface area contributed by atoms with E-state index in [9.17, 15) is 14.0 Å². The first kappa shape index (κ1) is 20.8. The highest BCUT2D eigenvalue weighted by Crippen LogP contribution is 2.22. The van der Waals surface area contributed by atoms with Crippen molar-refractivity contribution in [2.45, 2.75) is 6.92 Å². The van der Waals surface area contributed by atoms with Crippen LogP contribution in [-0.4, -0.2) is 63.0 Å². The number of likely N-dealkylation sites (N-methyl/N-ethyl adjacent to an activating group) is 1. The van der Waals surface area contributed by atoms with E-state index in [1.54, 1.807) is 4.90 Å². The lowest BCUT2D eigenvalue weighted by atomic mass is 10.2. The maximum Gasteiger partial charge on any atom is 0.251 e. The second-order valence-corrected chi connectivity index (χ2v) is 7.24. The Balaban J connectivity index is 1.57. The van der Waals surface area contributed by atoms with Crippen molar-refractivity contribution in [1.29, 1.82) is 0 Å². The maximum absolute atomic E-state index is 13.0. The summed E-state index contributed by atoms with van der Waals surface area (Å²) in [5.74, 6) is -0.767. The second kappa shape index (κ2) is 9.52. The molecule has 0 unspecified atom stereocenters. The van der Waals surface area contributed by atoms with Crippen molar-refractivity contribution in [3.8, 4) is 0 Å². The van der Waals surface area contributed by atoms with E-state index in [1.165, 1.54) is 31.2 Å². The number of nitrogens with zero attached hydrogens (tertiary/aromatic N) is 3. The number of nitrogens with one attached hydrogen (secondary N) is 1. The highest BCUT2D eigenvalue weighted by Gasteiger charge is 2.16. The Morgan fingerprint density at radius 1 is 1.00 bits per heavy atom. The summed E-state index contributed by atoms with van der Waals surface area (Å²) >= 11 is 0. The predicted octanol–water partition coefficient (Wildman–Crippen LogP) is 2.36. The number of carbonyl (C=O) groups excluding carboxylic acids is 2. The van der Waals surface area contributed by atoms with Gasteiger partial charge in [0.05, 0.1) is 0 Å². The fourth-order valence-electron chi connectivity index (χ4n) is 3.36. The molecule has 1 saturated heterocycles. The molecule has 29 heavy (non-hydrogen) atoms. The summed E-state index contributed by atoms with van der Waals surface area (Å²) in [7, 11) is 2.13. The Labute approximate surface area is 170 Å². The van der Waals surface area contributed by atoms with Crippen LogP contribution >= 0.6 is 0 Å². The van der Waals surface area contributed by atoms with Crippen molar-refractivity contribution in [3.05, 3.63) is 59.9 Å². The van der Waals surface area contributed by atoms with E-state index in [1.807, 2.05) is 24.3 Å². The van der Waals surface area contributed by atoms with Gasteiger partial charge in [-0.15, -0.1) is 0 Å². The lowest BCUT2D eigenvalue weighted by Gasteiger charge is -2.34. The molecule has 1 aliphatic rings. The SMILES string of the molecule is CC(=O)N(CCNC(=O)c1ccc(F)cc1)c1ccc(N2CCN(C)CC2)cc1. The molecule has 1 fully saturated rings. The quantitative estimate of drug-likeness (QED) is 0.812. The predicted molar refractivity (Wildman–Crippen MR) is 113 cm³/mol. The number of anilines is 2. The number of rotatable bonds is 6. The lowest BCUT2D eigenvalue weighted by molar-refractivity contribution is -0.116. The van der Waals surface area contributed by atoms with Gasteiger partial charge in [-0.3, -0.25) is 9.59 Å². The molecule has 0 aliphatic carbocycles. The van der Waals surface area contributed by atoms with E-state index < -0.39 is 0 Å². The van der Waals surface area contributed by atoms with Gasteiger partial charge in [-0.1, -0.05) is 0 Å². The third kappa shape index (κ3) is 5.54. The van der Waals surface area contributed by atoms with E-state index in [0.717, 1.165) is 37.6 Å². The van der Waals surface area contributed by atoms with E-state index in [0.29, 0.717) is 18.7 Å². The van der Waals surface area contributed by atoms with Gasteiger partial charge in [0.25, 0.3) is 5.91 Å². The molecule has 6 nitrogen and oxygen atoms in total. The number of carbonyl (C=O) groups is 2. The van der Waals surface area contributed by atoms with E-state index in [4.69, 9.17) is 0 Å². The van der Waals surface area contributed by atoms with Crippen molar-refractivity contribution in [3.63, 3.8) is 0 Å². The van der Waals surface area contributed by atoms with Gasteiger partial charge in [0.1, 0.15) is 5.82 Å². The first-order valence-corrected chi connectivity index (χ1v) is 9.79. The molecule has 1 heterocycles. The van der Waals surface area contributed by atoms with Crippen molar-refractivity contribution in [2.75, 3.05) is 56.1 Å². The molecule has 1 N–H and O–H groups in total. The summed E-state index contributed by atoms with van der Waals surface area (Å²) in [6.45, 7) is 6.22. The molecule has 1 aliphatic heterocycles. The van der Waals surface area contributed by atoms with Gasteiger partial charge in [-0.2, -0.15) is 0 Å². The van der Waals surface area contributed by atoms with Crippen LogP contribution in [0.2, 0.25) is 0 Å². The Bertz CT molecular complexity index is 831. The molecule has 0 bridgehead atoms. The number of halogens is 1. The summed E-state index contributed by atoms with van der Waals surface area (Å²) in [4.78, 5) is 30.5. The number of piperazine rings is 1. The van der Waals surface area contributed by atoms with Crippen LogP contribution in [0.5, 0.6) is 0 Å². The van der Waals surface area contributed by atoms with E-state index in [2.05, 4.69) is 22.2 Å². The molecule has 0 spiro atoms. The molecule has 7 heteroatoms. The zero-order chi connectivity index (χ0) is 20.8. The second-order valence-electron chi connectivity index (χ2n) is 7.24. The molecule has 154 valence electrons. The van der Waals surface area contributed by atoms with Crippen molar-refractivity contribution in [2.24, 2.45) is 0 Å². The third-order valence-corrected chi connectivity index (χ3v) is 5.14.